The van der Waals surface area contributed by atoms with Crippen molar-refractivity contribution in [2.75, 3.05) is 11.9 Å². The van der Waals surface area contributed by atoms with Crippen LogP contribution in [-0.4, -0.2) is 16.3 Å². The second kappa shape index (κ2) is 6.11. The molecule has 0 bridgehead atoms. The highest BCUT2D eigenvalue weighted by Crippen LogP contribution is 2.30. The Balaban J connectivity index is 1.73. The second-order valence-electron chi connectivity index (χ2n) is 6.15. The maximum Gasteiger partial charge on any atom is 0.133 e. The lowest BCUT2D eigenvalue weighted by Crippen LogP contribution is -2.05. The van der Waals surface area contributed by atoms with Crippen LogP contribution in [0.1, 0.15) is 29.3 Å². The molecule has 2 aromatic carbocycles. The van der Waals surface area contributed by atoms with Gasteiger partial charge in [0.05, 0.1) is 11.4 Å². The van der Waals surface area contributed by atoms with Gasteiger partial charge in [0, 0.05) is 18.5 Å². The number of nitrogens with zero attached hydrogens (tertiary/aromatic N) is 2. The van der Waals surface area contributed by atoms with Crippen molar-refractivity contribution in [3.05, 3.63) is 76.7 Å². The van der Waals surface area contributed by atoms with Crippen LogP contribution in [0.2, 0.25) is 0 Å². The molecule has 122 valence electrons. The lowest BCUT2D eigenvalue weighted by Gasteiger charge is -2.07. The Bertz CT molecular complexity index is 865. The number of benzene rings is 2. The van der Waals surface area contributed by atoms with Gasteiger partial charge in [0.15, 0.2) is 0 Å². The molecular formula is C20H20FN3. The Kier molecular flexibility index (Phi) is 3.81. The average Bonchev–Trinajstić information content (AvgIpc) is 3.21. The summed E-state index contributed by atoms with van der Waals surface area (Å²) < 4.78 is 15.9. The largest absolute Gasteiger partial charge is 0.369 e. The number of halogens is 1. The molecule has 3 nitrogen and oxygen atoms in total. The van der Waals surface area contributed by atoms with Crippen LogP contribution in [0.4, 0.5) is 10.2 Å². The maximum atomic E-state index is 14.0. The van der Waals surface area contributed by atoms with Crippen molar-refractivity contribution >= 4 is 5.82 Å². The fourth-order valence-corrected chi connectivity index (χ4v) is 3.27. The zero-order valence-corrected chi connectivity index (χ0v) is 13.7. The van der Waals surface area contributed by atoms with Crippen LogP contribution in [0.3, 0.4) is 0 Å². The van der Waals surface area contributed by atoms with Gasteiger partial charge in [-0.15, -0.1) is 0 Å². The Hall–Kier alpha value is -2.62. The van der Waals surface area contributed by atoms with Crippen molar-refractivity contribution in [1.82, 2.24) is 9.78 Å². The summed E-state index contributed by atoms with van der Waals surface area (Å²) in [7, 11) is 0. The zero-order valence-electron chi connectivity index (χ0n) is 13.7. The van der Waals surface area contributed by atoms with E-state index in [-0.39, 0.29) is 5.82 Å². The van der Waals surface area contributed by atoms with E-state index >= 15 is 0 Å². The SMILES string of the molecule is CCc1ccc(-n2nc(Cc3ccccc3F)c3c2NCC3)cc1. The van der Waals surface area contributed by atoms with Gasteiger partial charge in [-0.3, -0.25) is 0 Å². The molecule has 0 radical (unpaired) electrons. The molecule has 0 fully saturated rings. The Morgan fingerprint density at radius 3 is 2.67 bits per heavy atom. The van der Waals surface area contributed by atoms with E-state index in [0.29, 0.717) is 12.0 Å². The first-order chi connectivity index (χ1) is 11.8. The molecule has 1 aliphatic heterocycles. The van der Waals surface area contributed by atoms with E-state index in [1.54, 1.807) is 6.07 Å². The van der Waals surface area contributed by atoms with Gasteiger partial charge in [0.1, 0.15) is 11.6 Å². The molecule has 0 saturated carbocycles. The Labute approximate surface area is 141 Å². The molecule has 0 unspecified atom stereocenters. The quantitative estimate of drug-likeness (QED) is 0.783. The van der Waals surface area contributed by atoms with Crippen molar-refractivity contribution in [3.63, 3.8) is 0 Å². The van der Waals surface area contributed by atoms with Crippen LogP contribution in [0.5, 0.6) is 0 Å². The number of aryl methyl sites for hydroxylation is 1. The van der Waals surface area contributed by atoms with Gasteiger partial charge >= 0.3 is 0 Å². The van der Waals surface area contributed by atoms with Crippen LogP contribution in [-0.2, 0) is 19.3 Å². The first kappa shape index (κ1) is 14.9. The minimum atomic E-state index is -0.168. The third-order valence-corrected chi connectivity index (χ3v) is 4.64. The maximum absolute atomic E-state index is 14.0. The third-order valence-electron chi connectivity index (χ3n) is 4.64. The van der Waals surface area contributed by atoms with E-state index in [9.17, 15) is 4.39 Å². The monoisotopic (exact) mass is 321 g/mol. The van der Waals surface area contributed by atoms with E-state index in [0.717, 1.165) is 36.6 Å². The van der Waals surface area contributed by atoms with E-state index in [2.05, 4.69) is 36.5 Å². The molecule has 0 aliphatic carbocycles. The smallest absolute Gasteiger partial charge is 0.133 e. The summed E-state index contributed by atoms with van der Waals surface area (Å²) in [5.74, 6) is 0.879. The van der Waals surface area contributed by atoms with E-state index in [1.807, 2.05) is 16.8 Å². The lowest BCUT2D eigenvalue weighted by molar-refractivity contribution is 0.612. The fraction of sp³-hybridized carbons (Fsp3) is 0.250. The predicted molar refractivity (Wildman–Crippen MR) is 94.3 cm³/mol. The zero-order chi connectivity index (χ0) is 16.5. The summed E-state index contributed by atoms with van der Waals surface area (Å²) in [6.45, 7) is 3.05. The number of fused-ring (bicyclic) bond motifs is 1. The first-order valence-corrected chi connectivity index (χ1v) is 8.43. The van der Waals surface area contributed by atoms with Crippen LogP contribution in [0, 0.1) is 5.82 Å². The predicted octanol–water partition coefficient (Wildman–Crippen LogP) is 4.13. The molecule has 24 heavy (non-hydrogen) atoms. The summed E-state index contributed by atoms with van der Waals surface area (Å²) >= 11 is 0. The molecule has 1 aliphatic rings. The average molecular weight is 321 g/mol. The standard InChI is InChI=1S/C20H20FN3/c1-2-14-7-9-16(10-8-14)24-20-17(11-12-22-20)19(23-24)13-15-5-3-4-6-18(15)21/h3-10,22H,2,11-13H2,1H3. The molecular weight excluding hydrogens is 301 g/mol. The highest BCUT2D eigenvalue weighted by Gasteiger charge is 2.23. The number of hydrogen-bond acceptors (Lipinski definition) is 2. The van der Waals surface area contributed by atoms with Crippen molar-refractivity contribution in [1.29, 1.82) is 0 Å². The summed E-state index contributed by atoms with van der Waals surface area (Å²) in [6.07, 6.45) is 2.48. The number of aromatic nitrogens is 2. The van der Waals surface area contributed by atoms with Gasteiger partial charge < -0.3 is 5.32 Å². The summed E-state index contributed by atoms with van der Waals surface area (Å²) in [5.41, 5.74) is 5.20. The number of nitrogens with one attached hydrogen (secondary N) is 1. The Morgan fingerprint density at radius 2 is 1.92 bits per heavy atom. The molecule has 1 aromatic heterocycles. The molecule has 0 saturated heterocycles. The normalized spacial score (nSPS) is 12.9. The second-order valence-corrected chi connectivity index (χ2v) is 6.15. The van der Waals surface area contributed by atoms with E-state index in [1.165, 1.54) is 17.2 Å². The van der Waals surface area contributed by atoms with Crippen LogP contribution >= 0.6 is 0 Å². The van der Waals surface area contributed by atoms with Gasteiger partial charge in [-0.05, 0) is 42.2 Å². The molecule has 0 atom stereocenters. The molecule has 4 heteroatoms. The summed E-state index contributed by atoms with van der Waals surface area (Å²) in [4.78, 5) is 0. The molecule has 3 aromatic rings. The first-order valence-electron chi connectivity index (χ1n) is 8.43. The van der Waals surface area contributed by atoms with Gasteiger partial charge in [0.2, 0.25) is 0 Å². The number of hydrogen-bond donors (Lipinski definition) is 1. The third kappa shape index (κ3) is 2.58. The van der Waals surface area contributed by atoms with Gasteiger partial charge in [0.25, 0.3) is 0 Å². The van der Waals surface area contributed by atoms with E-state index < -0.39 is 0 Å². The minimum Gasteiger partial charge on any atom is -0.369 e. The van der Waals surface area contributed by atoms with Gasteiger partial charge in [-0.1, -0.05) is 37.3 Å². The van der Waals surface area contributed by atoms with Crippen LogP contribution in [0.15, 0.2) is 48.5 Å². The van der Waals surface area contributed by atoms with E-state index in [4.69, 9.17) is 5.10 Å². The van der Waals surface area contributed by atoms with Gasteiger partial charge in [-0.25, -0.2) is 9.07 Å². The highest BCUT2D eigenvalue weighted by molar-refractivity contribution is 5.57. The van der Waals surface area contributed by atoms with Crippen molar-refractivity contribution in [2.24, 2.45) is 0 Å². The summed E-state index contributed by atoms with van der Waals surface area (Å²) in [5, 5.41) is 8.20. The topological polar surface area (TPSA) is 29.9 Å². The number of rotatable bonds is 4. The summed E-state index contributed by atoms with van der Waals surface area (Å²) in [6, 6.07) is 15.4. The minimum absolute atomic E-state index is 0.168. The number of anilines is 1. The van der Waals surface area contributed by atoms with Crippen LogP contribution in [0.25, 0.3) is 5.69 Å². The van der Waals surface area contributed by atoms with Gasteiger partial charge in [-0.2, -0.15) is 5.10 Å². The highest BCUT2D eigenvalue weighted by atomic mass is 19.1. The Morgan fingerprint density at radius 1 is 1.12 bits per heavy atom. The molecule has 1 N–H and O–H groups in total. The van der Waals surface area contributed by atoms with Crippen molar-refractivity contribution in [2.45, 2.75) is 26.2 Å². The molecule has 0 spiro atoms. The van der Waals surface area contributed by atoms with Crippen molar-refractivity contribution < 1.29 is 4.39 Å². The fourth-order valence-electron chi connectivity index (χ4n) is 3.27. The molecule has 4 rings (SSSR count). The van der Waals surface area contributed by atoms with Crippen LogP contribution < -0.4 is 5.32 Å². The lowest BCUT2D eigenvalue weighted by atomic mass is 10.1. The van der Waals surface area contributed by atoms with Crippen molar-refractivity contribution in [3.8, 4) is 5.69 Å². The molecule has 0 amide bonds. The molecule has 2 heterocycles.